The van der Waals surface area contributed by atoms with Gasteiger partial charge in [-0.2, -0.15) is 0 Å². The van der Waals surface area contributed by atoms with E-state index in [0.717, 1.165) is 82.4 Å². The molecule has 576 valence electrons. The van der Waals surface area contributed by atoms with Crippen molar-refractivity contribution in [3.05, 3.63) is 424 Å². The van der Waals surface area contributed by atoms with Gasteiger partial charge in [-0.25, -0.2) is 14.1 Å². The highest BCUT2D eigenvalue weighted by atomic mass is 35.5. The first-order chi connectivity index (χ1) is 59.2. The lowest BCUT2D eigenvalue weighted by Gasteiger charge is -2.20. The quantitative estimate of drug-likeness (QED) is 0.0280. The van der Waals surface area contributed by atoms with Crippen LogP contribution in [0.25, 0.3) is 154 Å². The first kappa shape index (κ1) is 73.3. The van der Waals surface area contributed by atoms with E-state index in [2.05, 4.69) is 0 Å². The Morgan fingerprint density at radius 3 is 1.22 bits per heavy atom. The Kier molecular flexibility index (Phi) is 18.0. The third kappa shape index (κ3) is 12.7. The highest BCUT2D eigenvalue weighted by Crippen LogP contribution is 2.49. The summed E-state index contributed by atoms with van der Waals surface area (Å²) in [6.45, 7) is 0. The van der Waals surface area contributed by atoms with Crippen LogP contribution < -0.4 is 31.7 Å². The number of rotatable bonds is 17. The van der Waals surface area contributed by atoms with Gasteiger partial charge in [0.05, 0.1) is 45.7 Å². The number of pyridine rings is 2. The molecule has 15 aromatic carbocycles. The molecular weight excluding hydrogens is 1550 g/mol. The van der Waals surface area contributed by atoms with Crippen LogP contribution in [0.15, 0.2) is 372 Å². The Morgan fingerprint density at radius 2 is 0.769 bits per heavy atom. The molecule has 0 spiro atoms. The average Bonchev–Trinajstić information content (AvgIpc) is 1.28. The molecule has 0 saturated heterocycles. The number of halogens is 3. The van der Waals surface area contributed by atoms with Crippen LogP contribution in [0, 0.1) is 0 Å². The Hall–Kier alpha value is -15.4. The molecule has 18 heteroatoms. The molecule has 0 amide bonds. The maximum absolute atomic E-state index is 16.9. The normalized spacial score (nSPS) is 12.7. The molecule has 0 fully saturated rings. The van der Waals surface area contributed by atoms with Crippen LogP contribution in [-0.4, -0.2) is 39.0 Å². The Morgan fingerprint density at radius 1 is 0.372 bits per heavy atom. The summed E-state index contributed by atoms with van der Waals surface area (Å²) in [5, 5.41) is 8.37. The van der Waals surface area contributed by atoms with E-state index in [0.29, 0.717) is 138 Å². The molecule has 0 N–H and O–H groups in total. The van der Waals surface area contributed by atoms with Crippen LogP contribution >= 0.6 is 23.2 Å². The van der Waals surface area contributed by atoms with E-state index in [1.807, 2.05) is 206 Å². The molecule has 21 rings (SSSR count). The van der Waals surface area contributed by atoms with Crippen molar-refractivity contribution in [2.45, 2.75) is 12.8 Å². The molecule has 14 nitrogen and oxygen atoms in total. The minimum absolute atomic E-state index is 0.0704. The molecule has 1 aliphatic heterocycles. The summed E-state index contributed by atoms with van der Waals surface area (Å²) >= 11 is 14.7. The van der Waals surface area contributed by atoms with Gasteiger partial charge in [0.2, 0.25) is 0 Å². The second kappa shape index (κ2) is 29.7. The fourth-order valence-electron chi connectivity index (χ4n) is 17.2. The molecule has 0 aliphatic carbocycles. The summed E-state index contributed by atoms with van der Waals surface area (Å²) in [7, 11) is -0.953. The van der Waals surface area contributed by atoms with Gasteiger partial charge in [0, 0.05) is 93.1 Å². The van der Waals surface area contributed by atoms with E-state index >= 15 is 4.32 Å². The Labute approximate surface area is 697 Å². The summed E-state index contributed by atoms with van der Waals surface area (Å²) in [4.78, 5) is 89.4. The maximum atomic E-state index is 16.9. The van der Waals surface area contributed by atoms with E-state index in [9.17, 15) is 28.8 Å². The van der Waals surface area contributed by atoms with Crippen molar-refractivity contribution in [1.82, 2.24) is 13.6 Å². The van der Waals surface area contributed by atoms with Gasteiger partial charge < -0.3 is 27.1 Å². The number of esters is 2. The molecule has 0 unspecified atom stereocenters. The molecule has 0 saturated carbocycles. The number of nitrogens with zero attached hydrogens (tertiary/aromatic N) is 4. The van der Waals surface area contributed by atoms with E-state index in [4.69, 9.17) is 46.5 Å². The molecule has 121 heavy (non-hydrogen) atoms. The van der Waals surface area contributed by atoms with Crippen LogP contribution in [0.4, 0.5) is 4.32 Å². The zero-order chi connectivity index (χ0) is 81.8. The van der Waals surface area contributed by atoms with Crippen LogP contribution in [0.1, 0.15) is 33.5 Å². The standard InChI is InChI=1S/C103H60BCl2FN4O10/c105-82-18-11-19-83(106)96(82)97(98-80(64-12-3-1-4-13-64)56-84(108-98)66-30-26-60(27-31-66)62-34-42-70(43-35-62)118-90(112)54-58-22-38-68(39-23-58)109-100(114)76-48-46-74-72-16-7-9-20-86(72)120-88-52-50-78(102(109)116)92(76)94(74)88)99-81(65-14-5-2-6-15-65)57-85(111(99)104-107)67-32-28-61(29-33-67)63-36-44-71(45-37-63)119-91(113)55-59-24-40-69(41-25-59)110-101(115)77-49-47-75-73-17-8-10-21-87(73)121-89-53-51-79(103(110)117)93(77)95(75)89/h1-53,56-57,104H,54-55H2/b98-97-. The number of aromatic nitrogens is 3. The van der Waals surface area contributed by atoms with Crippen molar-refractivity contribution in [1.29, 1.82) is 0 Å². The molecule has 1 aliphatic rings. The second-order valence-electron chi connectivity index (χ2n) is 29.9. The maximum Gasteiger partial charge on any atom is 0.449 e. The first-order valence-electron chi connectivity index (χ1n) is 39.2. The van der Waals surface area contributed by atoms with Crippen LogP contribution in [0.3, 0.4) is 0 Å². The molecular formula is C103H60BCl2FN4O10. The van der Waals surface area contributed by atoms with Gasteiger partial charge >= 0.3 is 19.6 Å². The lowest BCUT2D eigenvalue weighted by atomic mass is 9.90. The zero-order valence-corrected chi connectivity index (χ0v) is 65.4. The highest BCUT2D eigenvalue weighted by molar-refractivity contribution is 6.39. The largest absolute Gasteiger partial charge is 0.456 e. The molecule has 6 heterocycles. The number of para-hydroxylation sites is 2. The topological polar surface area (TPSA) is 174 Å². The average molecular weight is 1610 g/mol. The van der Waals surface area contributed by atoms with Gasteiger partial charge in [0.1, 0.15) is 33.8 Å². The third-order valence-electron chi connectivity index (χ3n) is 22.9. The number of benzene rings is 15. The first-order valence-corrected chi connectivity index (χ1v) is 39.9. The predicted molar refractivity (Wildman–Crippen MR) is 482 cm³/mol. The number of hydrogen-bond donors (Lipinski definition) is 0. The van der Waals surface area contributed by atoms with Gasteiger partial charge in [-0.05, 0) is 182 Å². The van der Waals surface area contributed by atoms with E-state index < -0.39 is 41.9 Å². The summed E-state index contributed by atoms with van der Waals surface area (Å²) in [6, 6.07) is 100. The number of carbonyl (C=O) groups excluding carboxylic acids is 2. The minimum Gasteiger partial charge on any atom is -0.456 e. The van der Waals surface area contributed by atoms with E-state index in [1.54, 1.807) is 132 Å². The monoisotopic (exact) mass is 1610 g/mol. The Balaban J connectivity index is 0.529. The lowest BCUT2D eigenvalue weighted by Crippen LogP contribution is -2.31. The van der Waals surface area contributed by atoms with Crippen LogP contribution in [-0.2, 0) is 22.4 Å². The molecule has 0 atom stereocenters. The number of allylic oxidation sites excluding steroid dienone is 2. The Bertz CT molecular complexity index is 7960. The molecule has 0 bridgehead atoms. The smallest absolute Gasteiger partial charge is 0.449 e. The molecule has 5 aromatic heterocycles. The van der Waals surface area contributed by atoms with Crippen molar-refractivity contribution in [3.8, 4) is 67.5 Å². The number of hydrogen-bond acceptors (Lipinski definition) is 11. The van der Waals surface area contributed by atoms with Crippen molar-refractivity contribution in [2.24, 2.45) is 4.99 Å². The van der Waals surface area contributed by atoms with Crippen molar-refractivity contribution < 1.29 is 32.2 Å². The fraction of sp³-hybridized carbons (Fsp3) is 0.0194. The zero-order valence-electron chi connectivity index (χ0n) is 63.9. The molecule has 0 radical (unpaired) electrons. The van der Waals surface area contributed by atoms with Gasteiger partial charge in [-0.3, -0.25) is 28.8 Å². The predicted octanol–water partition coefficient (Wildman–Crippen LogP) is 22.5. The SMILES string of the molecule is O=C(Cc1ccc(-n2c(=O)c3ccc4oc5ccccc5c5ccc(c2=O)c3c45)cc1)Oc1ccc(-c2ccc(C3=N/C(=C(/c4c(Cl)cccc4Cl)c4c(-c5ccccc5)cc(-c5ccc(-c6ccc(OC(=O)Cc7ccc(-n8c(=O)c9ccc%10oc%11ccccc%11c%11ccc(c8=O)c9c%10%11)cc7)cc6)cc5)n4BF)C(c4ccccc4)=C3)cc2)cc1. The third-order valence-corrected chi connectivity index (χ3v) is 23.5. The summed E-state index contributed by atoms with van der Waals surface area (Å²) < 4.78 is 45.0. The number of carbonyl (C=O) groups is 2. The van der Waals surface area contributed by atoms with E-state index in [1.165, 1.54) is 9.13 Å². The second-order valence-corrected chi connectivity index (χ2v) is 30.7. The molecule has 20 aromatic rings. The highest BCUT2D eigenvalue weighted by Gasteiger charge is 2.32. The van der Waals surface area contributed by atoms with Crippen molar-refractivity contribution >= 4 is 147 Å². The number of aliphatic imine (C=N–C) groups is 1. The summed E-state index contributed by atoms with van der Waals surface area (Å²) in [5.41, 5.74) is 14.0. The number of fused-ring (bicyclic) bond motifs is 4. The van der Waals surface area contributed by atoms with Gasteiger partial charge in [0.25, 0.3) is 22.2 Å². The van der Waals surface area contributed by atoms with Crippen LogP contribution in [0.2, 0.25) is 10.0 Å². The van der Waals surface area contributed by atoms with Gasteiger partial charge in [0.15, 0.2) is 0 Å². The van der Waals surface area contributed by atoms with Crippen molar-refractivity contribution in [3.63, 3.8) is 0 Å². The van der Waals surface area contributed by atoms with Gasteiger partial charge in [-0.1, -0.05) is 236 Å². The summed E-state index contributed by atoms with van der Waals surface area (Å²) in [5.74, 6) is -0.324. The summed E-state index contributed by atoms with van der Waals surface area (Å²) in [6.07, 6.45) is 1.88. The van der Waals surface area contributed by atoms with Crippen molar-refractivity contribution in [2.75, 3.05) is 0 Å². The number of ether oxygens (including phenoxy) is 2. The van der Waals surface area contributed by atoms with Crippen LogP contribution in [0.5, 0.6) is 11.5 Å². The van der Waals surface area contributed by atoms with E-state index in [-0.39, 0.29) is 12.8 Å². The lowest BCUT2D eigenvalue weighted by molar-refractivity contribution is -0.134. The minimum atomic E-state index is -0.953. The fourth-order valence-corrected chi connectivity index (χ4v) is 17.8. The van der Waals surface area contributed by atoms with Gasteiger partial charge in [-0.15, -0.1) is 0 Å².